The summed E-state index contributed by atoms with van der Waals surface area (Å²) < 4.78 is 10.1. The Kier molecular flexibility index (Phi) is 7.73. The zero-order chi connectivity index (χ0) is 24.1. The number of urea groups is 1. The van der Waals surface area contributed by atoms with Gasteiger partial charge in [0.25, 0.3) is 11.8 Å². The molecule has 1 heterocycles. The van der Waals surface area contributed by atoms with Gasteiger partial charge in [-0.1, -0.05) is 42.3 Å². The van der Waals surface area contributed by atoms with Crippen molar-refractivity contribution in [2.24, 2.45) is 0 Å². The summed E-state index contributed by atoms with van der Waals surface area (Å²) in [6.45, 7) is 3.46. The number of ether oxygens (including phenoxy) is 2. The van der Waals surface area contributed by atoms with Gasteiger partial charge in [-0.15, -0.1) is 0 Å². The Bertz CT molecular complexity index is 1120. The average molecular weight is 491 g/mol. The van der Waals surface area contributed by atoms with Crippen LogP contribution in [0.15, 0.2) is 42.0 Å². The molecule has 172 valence electrons. The maximum absolute atomic E-state index is 13.0. The maximum Gasteiger partial charge on any atom is 0.344 e. The quantitative estimate of drug-likeness (QED) is 0.355. The highest BCUT2D eigenvalue weighted by Gasteiger charge is 2.36. The number of benzene rings is 2. The third kappa shape index (κ3) is 5.53. The first-order valence-electron chi connectivity index (χ1n) is 10.0. The summed E-state index contributed by atoms with van der Waals surface area (Å²) >= 11 is 12.4. The normalized spacial score (nSPS) is 15.0. The van der Waals surface area contributed by atoms with Crippen molar-refractivity contribution in [3.63, 3.8) is 0 Å². The number of carbonyl (C=O) groups excluding carboxylic acids is 4. The molecule has 0 unspecified atom stereocenters. The minimum atomic E-state index is -0.846. The number of hydrogen-bond acceptors (Lipinski definition) is 6. The second-order valence-electron chi connectivity index (χ2n) is 6.89. The Balaban J connectivity index is 1.89. The molecular formula is C23H20Cl2N2O6. The first kappa shape index (κ1) is 24.3. The van der Waals surface area contributed by atoms with E-state index in [0.717, 1.165) is 16.9 Å². The van der Waals surface area contributed by atoms with Gasteiger partial charge in [-0.2, -0.15) is 0 Å². The van der Waals surface area contributed by atoms with E-state index in [-0.39, 0.29) is 34.6 Å². The summed E-state index contributed by atoms with van der Waals surface area (Å²) in [6.07, 6.45) is 2.06. The summed E-state index contributed by atoms with van der Waals surface area (Å²) in [5.41, 5.74) is 1.40. The Morgan fingerprint density at radius 3 is 2.27 bits per heavy atom. The lowest BCUT2D eigenvalue weighted by molar-refractivity contribution is -0.145. The van der Waals surface area contributed by atoms with E-state index in [2.05, 4.69) is 5.32 Å². The van der Waals surface area contributed by atoms with Gasteiger partial charge in [-0.25, -0.2) is 14.5 Å². The van der Waals surface area contributed by atoms with Crippen LogP contribution in [0.2, 0.25) is 10.0 Å². The molecule has 0 saturated carbocycles. The molecule has 33 heavy (non-hydrogen) atoms. The van der Waals surface area contributed by atoms with E-state index in [1.54, 1.807) is 31.2 Å². The lowest BCUT2D eigenvalue weighted by atomic mass is 10.1. The highest BCUT2D eigenvalue weighted by Crippen LogP contribution is 2.35. The number of esters is 1. The number of amides is 4. The molecule has 0 atom stereocenters. The Morgan fingerprint density at radius 1 is 1.06 bits per heavy atom. The fourth-order valence-electron chi connectivity index (χ4n) is 3.07. The van der Waals surface area contributed by atoms with Crippen LogP contribution < -0.4 is 15.0 Å². The molecule has 0 bridgehead atoms. The summed E-state index contributed by atoms with van der Waals surface area (Å²) in [6, 6.07) is 8.84. The second kappa shape index (κ2) is 10.5. The van der Waals surface area contributed by atoms with Crippen molar-refractivity contribution < 1.29 is 28.7 Å². The van der Waals surface area contributed by atoms with Crippen LogP contribution in [0.5, 0.6) is 5.75 Å². The number of nitrogens with zero attached hydrogens (tertiary/aromatic N) is 1. The number of rotatable bonds is 7. The molecule has 3 rings (SSSR count). The number of barbiturate groups is 1. The van der Waals surface area contributed by atoms with Gasteiger partial charge < -0.3 is 9.47 Å². The molecule has 1 fully saturated rings. The van der Waals surface area contributed by atoms with Gasteiger partial charge in [0, 0.05) is 0 Å². The fraction of sp³-hybridized carbons (Fsp3) is 0.217. The van der Waals surface area contributed by atoms with Gasteiger partial charge in [0.1, 0.15) is 5.57 Å². The number of nitrogens with one attached hydrogen (secondary N) is 1. The molecule has 0 radical (unpaired) electrons. The number of aryl methyl sites for hydroxylation is 1. The van der Waals surface area contributed by atoms with E-state index >= 15 is 0 Å². The smallest absolute Gasteiger partial charge is 0.344 e. The number of carbonyl (C=O) groups is 4. The molecular weight excluding hydrogens is 471 g/mol. The number of halogens is 2. The summed E-state index contributed by atoms with van der Waals surface area (Å²) in [5, 5.41) is 2.28. The minimum Gasteiger partial charge on any atom is -0.479 e. The van der Waals surface area contributed by atoms with Crippen molar-refractivity contribution in [3.05, 3.63) is 63.1 Å². The third-order valence-corrected chi connectivity index (χ3v) is 5.24. The van der Waals surface area contributed by atoms with E-state index in [1.807, 2.05) is 6.92 Å². The average Bonchev–Trinajstić information content (AvgIpc) is 2.76. The van der Waals surface area contributed by atoms with Gasteiger partial charge in [0.05, 0.1) is 22.3 Å². The van der Waals surface area contributed by atoms with Crippen molar-refractivity contribution in [3.8, 4) is 5.75 Å². The fourth-order valence-corrected chi connectivity index (χ4v) is 3.69. The molecule has 1 aliphatic heterocycles. The zero-order valence-corrected chi connectivity index (χ0v) is 19.3. The standard InChI is InChI=1S/C23H20Cl2N2O6/c1-3-13-5-7-15(8-6-13)27-22(30)16(21(29)26-23(27)31)9-14-10-17(24)20(18(25)11-14)33-12-19(28)32-4-2/h5-11H,3-4,12H2,1-2H3,(H,26,29,31). The minimum absolute atomic E-state index is 0.0563. The van der Waals surface area contributed by atoms with Crippen molar-refractivity contribution >= 4 is 58.8 Å². The van der Waals surface area contributed by atoms with Crippen LogP contribution >= 0.6 is 23.2 Å². The van der Waals surface area contributed by atoms with E-state index in [1.165, 1.54) is 18.2 Å². The molecule has 2 aromatic rings. The van der Waals surface area contributed by atoms with Crippen LogP contribution in [-0.4, -0.2) is 37.0 Å². The van der Waals surface area contributed by atoms with Gasteiger partial charge in [0.15, 0.2) is 12.4 Å². The van der Waals surface area contributed by atoms with Gasteiger partial charge in [-0.3, -0.25) is 14.9 Å². The predicted molar refractivity (Wildman–Crippen MR) is 123 cm³/mol. The molecule has 2 aromatic carbocycles. The lowest BCUT2D eigenvalue weighted by Gasteiger charge is -2.26. The highest BCUT2D eigenvalue weighted by molar-refractivity contribution is 6.40. The van der Waals surface area contributed by atoms with Crippen molar-refractivity contribution in [1.29, 1.82) is 0 Å². The monoisotopic (exact) mass is 490 g/mol. The first-order valence-corrected chi connectivity index (χ1v) is 10.8. The molecule has 1 aliphatic rings. The number of anilines is 1. The molecule has 1 saturated heterocycles. The molecule has 4 amide bonds. The van der Waals surface area contributed by atoms with Crippen molar-refractivity contribution in [2.75, 3.05) is 18.1 Å². The molecule has 8 nitrogen and oxygen atoms in total. The topological polar surface area (TPSA) is 102 Å². The first-order chi connectivity index (χ1) is 15.7. The largest absolute Gasteiger partial charge is 0.479 e. The second-order valence-corrected chi connectivity index (χ2v) is 7.70. The van der Waals surface area contributed by atoms with Crippen LogP contribution in [0.4, 0.5) is 10.5 Å². The van der Waals surface area contributed by atoms with Gasteiger partial charge in [-0.05, 0) is 54.8 Å². The Labute approximate surface area is 200 Å². The van der Waals surface area contributed by atoms with Crippen LogP contribution in [0.1, 0.15) is 25.0 Å². The molecule has 1 N–H and O–H groups in total. The maximum atomic E-state index is 13.0. The predicted octanol–water partition coefficient (Wildman–Crippen LogP) is 4.16. The summed E-state index contributed by atoms with van der Waals surface area (Å²) in [7, 11) is 0. The molecule has 0 spiro atoms. The van der Waals surface area contributed by atoms with Gasteiger partial charge in [0.2, 0.25) is 0 Å². The Hall–Kier alpha value is -3.36. The number of imide groups is 2. The molecule has 0 aromatic heterocycles. The highest BCUT2D eigenvalue weighted by atomic mass is 35.5. The van der Waals surface area contributed by atoms with E-state index in [4.69, 9.17) is 32.7 Å². The zero-order valence-electron chi connectivity index (χ0n) is 17.8. The van der Waals surface area contributed by atoms with E-state index in [9.17, 15) is 19.2 Å². The third-order valence-electron chi connectivity index (χ3n) is 4.68. The molecule has 0 aliphatic carbocycles. The van der Waals surface area contributed by atoms with Crippen molar-refractivity contribution in [1.82, 2.24) is 5.32 Å². The Morgan fingerprint density at radius 2 is 1.70 bits per heavy atom. The van der Waals surface area contributed by atoms with Crippen LogP contribution in [0, 0.1) is 0 Å². The van der Waals surface area contributed by atoms with Crippen LogP contribution in [-0.2, 0) is 25.5 Å². The lowest BCUT2D eigenvalue weighted by Crippen LogP contribution is -2.54. The summed E-state index contributed by atoms with van der Waals surface area (Å²) in [4.78, 5) is 50.1. The van der Waals surface area contributed by atoms with Crippen LogP contribution in [0.3, 0.4) is 0 Å². The SMILES string of the molecule is CCOC(=O)COc1c(Cl)cc(C=C2C(=O)NC(=O)N(c3ccc(CC)cc3)C2=O)cc1Cl. The summed E-state index contributed by atoms with van der Waals surface area (Å²) in [5.74, 6) is -2.16. The molecule has 10 heteroatoms. The van der Waals surface area contributed by atoms with Crippen LogP contribution in [0.25, 0.3) is 6.08 Å². The van der Waals surface area contributed by atoms with Crippen molar-refractivity contribution in [2.45, 2.75) is 20.3 Å². The van der Waals surface area contributed by atoms with E-state index in [0.29, 0.717) is 11.3 Å². The number of hydrogen-bond donors (Lipinski definition) is 1. The van der Waals surface area contributed by atoms with Gasteiger partial charge >= 0.3 is 12.0 Å². The van der Waals surface area contributed by atoms with E-state index < -0.39 is 23.8 Å².